The molecule has 0 fully saturated rings. The highest BCUT2D eigenvalue weighted by molar-refractivity contribution is 6.30. The van der Waals surface area contributed by atoms with Gasteiger partial charge >= 0.3 is 0 Å². The summed E-state index contributed by atoms with van der Waals surface area (Å²) in [7, 11) is 0. The highest BCUT2D eigenvalue weighted by atomic mass is 35.5. The number of halogens is 1. The van der Waals surface area contributed by atoms with Gasteiger partial charge in [-0.3, -0.25) is 5.43 Å². The van der Waals surface area contributed by atoms with Crippen molar-refractivity contribution in [3.8, 4) is 0 Å². The molecule has 3 rings (SSSR count). The van der Waals surface area contributed by atoms with Gasteiger partial charge in [0.25, 0.3) is 0 Å². The maximum atomic E-state index is 5.83. The first-order valence-corrected chi connectivity index (χ1v) is 6.88. The highest BCUT2D eigenvalue weighted by Gasteiger charge is 2.03. The summed E-state index contributed by atoms with van der Waals surface area (Å²) in [6.07, 6.45) is 1.80. The summed E-state index contributed by atoms with van der Waals surface area (Å²) in [6.45, 7) is 1.99. The molecule has 0 bridgehead atoms. The second kappa shape index (κ2) is 5.89. The van der Waals surface area contributed by atoms with E-state index in [1.54, 1.807) is 18.3 Å². The van der Waals surface area contributed by atoms with E-state index < -0.39 is 0 Å². The monoisotopic (exact) mass is 296 g/mol. The molecule has 1 heterocycles. The van der Waals surface area contributed by atoms with E-state index in [0.29, 0.717) is 10.8 Å². The van der Waals surface area contributed by atoms with Gasteiger partial charge in [-0.25, -0.2) is 4.98 Å². The van der Waals surface area contributed by atoms with Crippen molar-refractivity contribution in [3.05, 3.63) is 65.3 Å². The van der Waals surface area contributed by atoms with Crippen LogP contribution in [0.4, 0.5) is 11.5 Å². The topological polar surface area (TPSA) is 49.6 Å². The van der Waals surface area contributed by atoms with E-state index in [1.807, 2.05) is 37.3 Å². The lowest BCUT2D eigenvalue weighted by molar-refractivity contribution is 1.08. The second-order valence-electron chi connectivity index (χ2n) is 4.61. The lowest BCUT2D eigenvalue weighted by Gasteiger charge is -2.03. The van der Waals surface area contributed by atoms with Crippen LogP contribution in [-0.4, -0.2) is 4.98 Å². The molecule has 21 heavy (non-hydrogen) atoms. The van der Waals surface area contributed by atoms with Gasteiger partial charge in [0.1, 0.15) is 0 Å². The number of hydrogen-bond donors (Lipinski definition) is 1. The number of hydrogen-bond acceptors (Lipinski definition) is 3. The molecule has 104 valence electrons. The van der Waals surface area contributed by atoms with Gasteiger partial charge in [0.05, 0.1) is 5.69 Å². The fourth-order valence-corrected chi connectivity index (χ4v) is 2.18. The minimum Gasteiger partial charge on any atom is -0.260 e. The van der Waals surface area contributed by atoms with E-state index in [4.69, 9.17) is 11.6 Å². The summed E-state index contributed by atoms with van der Waals surface area (Å²) in [5.74, 6) is 0.607. The van der Waals surface area contributed by atoms with E-state index in [9.17, 15) is 0 Å². The number of aromatic nitrogens is 1. The SMILES string of the molecule is Cc1c(/N=N\Nc2ccc(Cl)cc2)ncc2ccccc12. The van der Waals surface area contributed by atoms with Crippen LogP contribution in [0.15, 0.2) is 65.1 Å². The van der Waals surface area contributed by atoms with Crippen LogP contribution in [0.1, 0.15) is 5.56 Å². The number of fused-ring (bicyclic) bond motifs is 1. The molecule has 0 saturated heterocycles. The average Bonchev–Trinajstić information content (AvgIpc) is 2.52. The first-order valence-electron chi connectivity index (χ1n) is 6.51. The number of nitrogens with one attached hydrogen (secondary N) is 1. The van der Waals surface area contributed by atoms with Crippen LogP contribution in [0, 0.1) is 6.92 Å². The molecule has 0 radical (unpaired) electrons. The zero-order chi connectivity index (χ0) is 14.7. The average molecular weight is 297 g/mol. The highest BCUT2D eigenvalue weighted by Crippen LogP contribution is 2.25. The molecule has 0 unspecified atom stereocenters. The van der Waals surface area contributed by atoms with Gasteiger partial charge in [-0.2, -0.15) is 0 Å². The molecule has 0 aliphatic heterocycles. The predicted molar refractivity (Wildman–Crippen MR) is 86.1 cm³/mol. The Hall–Kier alpha value is -2.46. The van der Waals surface area contributed by atoms with Crippen LogP contribution in [-0.2, 0) is 0 Å². The van der Waals surface area contributed by atoms with Crippen molar-refractivity contribution in [1.82, 2.24) is 4.98 Å². The van der Waals surface area contributed by atoms with Crippen LogP contribution >= 0.6 is 11.6 Å². The molecule has 0 saturated carbocycles. The van der Waals surface area contributed by atoms with Crippen LogP contribution < -0.4 is 5.43 Å². The number of anilines is 1. The molecule has 4 nitrogen and oxygen atoms in total. The lowest BCUT2D eigenvalue weighted by atomic mass is 10.1. The van der Waals surface area contributed by atoms with Crippen molar-refractivity contribution in [2.75, 3.05) is 5.43 Å². The van der Waals surface area contributed by atoms with Gasteiger partial charge < -0.3 is 0 Å². The van der Waals surface area contributed by atoms with Crippen molar-refractivity contribution < 1.29 is 0 Å². The maximum Gasteiger partial charge on any atom is 0.179 e. The summed E-state index contributed by atoms with van der Waals surface area (Å²) < 4.78 is 0. The van der Waals surface area contributed by atoms with Crippen molar-refractivity contribution in [2.45, 2.75) is 6.92 Å². The molecule has 0 amide bonds. The molecule has 2 aromatic carbocycles. The standard InChI is InChI=1S/C16H13ClN4/c1-11-15-5-3-2-4-12(15)10-18-16(11)20-21-19-14-8-6-13(17)7-9-14/h2-10H,1H3,(H,18,19,20). The van der Waals surface area contributed by atoms with E-state index in [2.05, 4.69) is 26.8 Å². The van der Waals surface area contributed by atoms with Crippen molar-refractivity contribution in [3.63, 3.8) is 0 Å². The van der Waals surface area contributed by atoms with Gasteiger partial charge in [-0.05, 0) is 36.6 Å². The molecule has 0 atom stereocenters. The minimum atomic E-state index is 0.607. The first-order chi connectivity index (χ1) is 10.2. The zero-order valence-corrected chi connectivity index (χ0v) is 12.2. The van der Waals surface area contributed by atoms with Gasteiger partial charge in [0.2, 0.25) is 0 Å². The number of nitrogens with zero attached hydrogens (tertiary/aromatic N) is 3. The van der Waals surface area contributed by atoms with Crippen LogP contribution in [0.25, 0.3) is 10.8 Å². The maximum absolute atomic E-state index is 5.83. The van der Waals surface area contributed by atoms with E-state index in [-0.39, 0.29) is 0 Å². The van der Waals surface area contributed by atoms with Crippen LogP contribution in [0.2, 0.25) is 5.02 Å². The van der Waals surface area contributed by atoms with Gasteiger partial charge in [-0.15, -0.1) is 5.11 Å². The Morgan fingerprint density at radius 2 is 1.81 bits per heavy atom. The van der Waals surface area contributed by atoms with Crippen LogP contribution in [0.5, 0.6) is 0 Å². The number of benzene rings is 2. The van der Waals surface area contributed by atoms with Gasteiger partial charge in [-0.1, -0.05) is 41.1 Å². The molecule has 0 aliphatic rings. The molecule has 1 aromatic heterocycles. The Morgan fingerprint density at radius 1 is 1.05 bits per heavy atom. The fourth-order valence-electron chi connectivity index (χ4n) is 2.05. The molecule has 0 aliphatic carbocycles. The first kappa shape index (κ1) is 13.5. The Bertz CT molecular complexity index is 797. The second-order valence-corrected chi connectivity index (χ2v) is 5.05. The minimum absolute atomic E-state index is 0.607. The lowest BCUT2D eigenvalue weighted by Crippen LogP contribution is -1.87. The Kier molecular flexibility index (Phi) is 3.79. The zero-order valence-electron chi connectivity index (χ0n) is 11.4. The summed E-state index contributed by atoms with van der Waals surface area (Å²) in [4.78, 5) is 4.33. The normalized spacial score (nSPS) is 11.1. The molecule has 3 aromatic rings. The quantitative estimate of drug-likeness (QED) is 0.526. The third-order valence-electron chi connectivity index (χ3n) is 3.19. The molecular formula is C16H13ClN4. The summed E-state index contributed by atoms with van der Waals surface area (Å²) >= 11 is 5.83. The molecule has 5 heteroatoms. The number of rotatable bonds is 3. The third kappa shape index (κ3) is 3.01. The number of pyridine rings is 1. The van der Waals surface area contributed by atoms with E-state index in [0.717, 1.165) is 22.0 Å². The molecular weight excluding hydrogens is 284 g/mol. The largest absolute Gasteiger partial charge is 0.260 e. The van der Waals surface area contributed by atoms with Gasteiger partial charge in [0.15, 0.2) is 5.82 Å². The van der Waals surface area contributed by atoms with Crippen molar-refractivity contribution in [2.24, 2.45) is 10.3 Å². The third-order valence-corrected chi connectivity index (χ3v) is 3.45. The smallest absolute Gasteiger partial charge is 0.179 e. The molecule has 0 spiro atoms. The predicted octanol–water partition coefficient (Wildman–Crippen LogP) is 5.31. The van der Waals surface area contributed by atoms with Crippen LogP contribution in [0.3, 0.4) is 0 Å². The van der Waals surface area contributed by atoms with E-state index >= 15 is 0 Å². The van der Waals surface area contributed by atoms with E-state index in [1.165, 1.54) is 0 Å². The fraction of sp³-hybridized carbons (Fsp3) is 0.0625. The Balaban J connectivity index is 1.82. The van der Waals surface area contributed by atoms with Crippen molar-refractivity contribution >= 4 is 33.9 Å². The Morgan fingerprint density at radius 3 is 2.62 bits per heavy atom. The Labute approximate surface area is 127 Å². The summed E-state index contributed by atoms with van der Waals surface area (Å²) in [5, 5.41) is 11.0. The summed E-state index contributed by atoms with van der Waals surface area (Å²) in [6, 6.07) is 15.3. The molecule has 1 N–H and O–H groups in total. The summed E-state index contributed by atoms with van der Waals surface area (Å²) in [5.41, 5.74) is 4.69. The number of aryl methyl sites for hydroxylation is 1. The van der Waals surface area contributed by atoms with Crippen molar-refractivity contribution in [1.29, 1.82) is 0 Å². The van der Waals surface area contributed by atoms with Gasteiger partial charge in [0, 0.05) is 22.2 Å².